The zero-order valence-corrected chi connectivity index (χ0v) is 16.1. The highest BCUT2D eigenvalue weighted by Gasteiger charge is 2.43. The average molecular weight is 376 g/mol. The summed E-state index contributed by atoms with van der Waals surface area (Å²) in [6.45, 7) is 6.96. The van der Waals surface area contributed by atoms with Gasteiger partial charge < -0.3 is 14.2 Å². The van der Waals surface area contributed by atoms with E-state index in [1.807, 2.05) is 32.0 Å². The Labute approximate surface area is 155 Å². The van der Waals surface area contributed by atoms with Gasteiger partial charge in [0.15, 0.2) is 11.6 Å². The summed E-state index contributed by atoms with van der Waals surface area (Å²) in [4.78, 5) is 12.9. The lowest BCUT2D eigenvalue weighted by Crippen LogP contribution is -2.27. The first-order valence-electron chi connectivity index (χ1n) is 8.26. The molecule has 4 nitrogen and oxygen atoms in total. The first-order valence-corrected chi connectivity index (χ1v) is 9.95. The minimum Gasteiger partial charge on any atom is -0.492 e. The molecule has 0 saturated carbocycles. The summed E-state index contributed by atoms with van der Waals surface area (Å²) in [6, 6.07) is 7.96. The number of ether oxygens (including phenoxy) is 3. The van der Waals surface area contributed by atoms with Crippen molar-refractivity contribution >= 4 is 28.9 Å². The molecule has 132 valence electrons. The number of Topliss-reactive ketones (excluding diaryl/α,β-unsaturated/α-hetero) is 1. The SMILES string of the molecule is CC1(C)OCC(C)(c2csc(Sc3ccc4c(c3)OCCC4=O)c2)O1. The van der Waals surface area contributed by atoms with Gasteiger partial charge in [-0.2, -0.15) is 0 Å². The van der Waals surface area contributed by atoms with Crippen LogP contribution in [0.3, 0.4) is 0 Å². The van der Waals surface area contributed by atoms with Crippen molar-refractivity contribution in [3.8, 4) is 5.75 Å². The minimum atomic E-state index is -0.549. The highest BCUT2D eigenvalue weighted by Crippen LogP contribution is 2.43. The number of benzene rings is 1. The first kappa shape index (κ1) is 17.1. The molecule has 0 radical (unpaired) electrons. The van der Waals surface area contributed by atoms with Crippen molar-refractivity contribution in [2.24, 2.45) is 0 Å². The van der Waals surface area contributed by atoms with E-state index in [0.29, 0.717) is 30.9 Å². The van der Waals surface area contributed by atoms with Crippen molar-refractivity contribution in [2.75, 3.05) is 13.2 Å². The highest BCUT2D eigenvalue weighted by molar-refractivity contribution is 8.01. The Morgan fingerprint density at radius 1 is 1.20 bits per heavy atom. The van der Waals surface area contributed by atoms with Gasteiger partial charge >= 0.3 is 0 Å². The minimum absolute atomic E-state index is 0.158. The van der Waals surface area contributed by atoms with E-state index in [9.17, 15) is 4.79 Å². The lowest BCUT2D eigenvalue weighted by molar-refractivity contribution is -0.159. The smallest absolute Gasteiger partial charge is 0.169 e. The number of ketones is 1. The fourth-order valence-electron chi connectivity index (χ4n) is 3.12. The van der Waals surface area contributed by atoms with E-state index in [2.05, 4.69) is 18.4 Å². The molecular weight excluding hydrogens is 356 g/mol. The predicted octanol–water partition coefficient (Wildman–Crippen LogP) is 4.86. The quantitative estimate of drug-likeness (QED) is 0.765. The van der Waals surface area contributed by atoms with E-state index >= 15 is 0 Å². The lowest BCUT2D eigenvalue weighted by Gasteiger charge is -2.24. The molecule has 3 heterocycles. The molecule has 4 rings (SSSR count). The van der Waals surface area contributed by atoms with E-state index < -0.39 is 11.4 Å². The molecule has 0 bridgehead atoms. The van der Waals surface area contributed by atoms with Gasteiger partial charge in [0.1, 0.15) is 11.4 Å². The topological polar surface area (TPSA) is 44.8 Å². The number of carbonyl (C=O) groups is 1. The Morgan fingerprint density at radius 2 is 2.04 bits per heavy atom. The highest BCUT2D eigenvalue weighted by atomic mass is 32.2. The van der Waals surface area contributed by atoms with Crippen molar-refractivity contribution < 1.29 is 19.0 Å². The van der Waals surface area contributed by atoms with Gasteiger partial charge in [0, 0.05) is 11.3 Å². The summed E-state index contributed by atoms with van der Waals surface area (Å²) in [7, 11) is 0. The van der Waals surface area contributed by atoms with E-state index in [1.54, 1.807) is 23.1 Å². The summed E-state index contributed by atoms with van der Waals surface area (Å²) in [6.07, 6.45) is 0.463. The summed E-state index contributed by atoms with van der Waals surface area (Å²) in [5, 5.41) is 2.13. The molecule has 0 N–H and O–H groups in total. The third kappa shape index (κ3) is 3.36. The number of rotatable bonds is 3. The first-order chi connectivity index (χ1) is 11.8. The maximum Gasteiger partial charge on any atom is 0.169 e. The van der Waals surface area contributed by atoms with Crippen LogP contribution in [0.4, 0.5) is 0 Å². The summed E-state index contributed by atoms with van der Waals surface area (Å²) < 4.78 is 18.6. The van der Waals surface area contributed by atoms with Gasteiger partial charge in [-0.25, -0.2) is 0 Å². The van der Waals surface area contributed by atoms with Gasteiger partial charge in [-0.15, -0.1) is 11.3 Å². The molecule has 2 aromatic rings. The zero-order chi connectivity index (χ0) is 17.7. The molecular formula is C19H20O4S2. The van der Waals surface area contributed by atoms with Gasteiger partial charge in [0.25, 0.3) is 0 Å². The summed E-state index contributed by atoms with van der Waals surface area (Å²) in [5.41, 5.74) is 1.41. The number of hydrogen-bond acceptors (Lipinski definition) is 6. The van der Waals surface area contributed by atoms with Crippen LogP contribution in [-0.4, -0.2) is 24.8 Å². The average Bonchev–Trinajstić information content (AvgIpc) is 3.13. The molecule has 25 heavy (non-hydrogen) atoms. The molecule has 2 aliphatic heterocycles. The van der Waals surface area contributed by atoms with Crippen LogP contribution in [0.2, 0.25) is 0 Å². The molecule has 1 aromatic carbocycles. The Morgan fingerprint density at radius 3 is 2.80 bits per heavy atom. The Kier molecular flexibility index (Phi) is 4.19. The van der Waals surface area contributed by atoms with Crippen LogP contribution in [0, 0.1) is 0 Å². The van der Waals surface area contributed by atoms with E-state index in [1.165, 1.54) is 4.21 Å². The summed E-state index contributed by atoms with van der Waals surface area (Å²) in [5.74, 6) is 0.302. The maximum absolute atomic E-state index is 11.9. The molecule has 1 unspecified atom stereocenters. The van der Waals surface area contributed by atoms with Crippen molar-refractivity contribution in [3.05, 3.63) is 40.8 Å². The monoisotopic (exact) mass is 376 g/mol. The second kappa shape index (κ2) is 6.13. The molecule has 6 heteroatoms. The van der Waals surface area contributed by atoms with Crippen LogP contribution in [-0.2, 0) is 15.1 Å². The zero-order valence-electron chi connectivity index (χ0n) is 14.5. The lowest BCUT2D eigenvalue weighted by atomic mass is 10.0. The Balaban J connectivity index is 1.53. The van der Waals surface area contributed by atoms with Crippen LogP contribution >= 0.6 is 23.1 Å². The predicted molar refractivity (Wildman–Crippen MR) is 97.8 cm³/mol. The number of thiophene rings is 1. The van der Waals surface area contributed by atoms with Gasteiger partial charge in [-0.05, 0) is 56.0 Å². The summed E-state index contributed by atoms with van der Waals surface area (Å²) >= 11 is 3.36. The van der Waals surface area contributed by atoms with Crippen molar-refractivity contribution in [3.63, 3.8) is 0 Å². The van der Waals surface area contributed by atoms with Crippen LogP contribution in [0.1, 0.15) is 43.1 Å². The molecule has 0 spiro atoms. The van der Waals surface area contributed by atoms with Crippen LogP contribution < -0.4 is 4.74 Å². The molecule has 1 aromatic heterocycles. The standard InChI is InChI=1S/C19H20O4S2/c1-18(2)22-11-19(3,23-18)12-8-17(24-10-12)25-13-4-5-14-15(20)6-7-21-16(14)9-13/h4-5,8-10H,6-7,11H2,1-3H3. The van der Waals surface area contributed by atoms with Crippen LogP contribution in [0.25, 0.3) is 0 Å². The number of fused-ring (bicyclic) bond motifs is 1. The van der Waals surface area contributed by atoms with Crippen molar-refractivity contribution in [1.82, 2.24) is 0 Å². The van der Waals surface area contributed by atoms with E-state index in [0.717, 1.165) is 10.5 Å². The molecule has 1 saturated heterocycles. The van der Waals surface area contributed by atoms with Gasteiger partial charge in [0.2, 0.25) is 0 Å². The molecule has 1 atom stereocenters. The van der Waals surface area contributed by atoms with E-state index in [4.69, 9.17) is 14.2 Å². The molecule has 0 amide bonds. The normalized spacial score (nSPS) is 24.8. The van der Waals surface area contributed by atoms with Gasteiger partial charge in [-0.1, -0.05) is 11.8 Å². The third-order valence-electron chi connectivity index (χ3n) is 4.41. The molecule has 1 fully saturated rings. The van der Waals surface area contributed by atoms with Gasteiger partial charge in [-0.3, -0.25) is 4.79 Å². The number of hydrogen-bond donors (Lipinski definition) is 0. The van der Waals surface area contributed by atoms with Crippen LogP contribution in [0.15, 0.2) is 38.8 Å². The second-order valence-electron chi connectivity index (χ2n) is 6.96. The molecule has 0 aliphatic carbocycles. The maximum atomic E-state index is 11.9. The Bertz CT molecular complexity index is 827. The van der Waals surface area contributed by atoms with Crippen molar-refractivity contribution in [1.29, 1.82) is 0 Å². The second-order valence-corrected chi connectivity index (χ2v) is 9.24. The van der Waals surface area contributed by atoms with E-state index in [-0.39, 0.29) is 5.78 Å². The fraction of sp³-hybridized carbons (Fsp3) is 0.421. The number of carbonyl (C=O) groups excluding carboxylic acids is 1. The fourth-order valence-corrected chi connectivity index (χ4v) is 5.22. The largest absolute Gasteiger partial charge is 0.492 e. The third-order valence-corrected chi connectivity index (χ3v) is 6.48. The van der Waals surface area contributed by atoms with Crippen molar-refractivity contribution in [2.45, 2.75) is 47.7 Å². The Hall–Kier alpha value is -1.34. The molecule has 2 aliphatic rings. The van der Waals surface area contributed by atoms with Gasteiger partial charge in [0.05, 0.1) is 23.0 Å². The van der Waals surface area contributed by atoms with Crippen LogP contribution in [0.5, 0.6) is 5.75 Å².